The summed E-state index contributed by atoms with van der Waals surface area (Å²) in [7, 11) is 0. The minimum absolute atomic E-state index is 0.0930. The van der Waals surface area contributed by atoms with Crippen molar-refractivity contribution in [1.29, 1.82) is 0 Å². The molecule has 0 saturated carbocycles. The molecule has 190 valence electrons. The van der Waals surface area contributed by atoms with Crippen LogP contribution in [-0.2, 0) is 19.2 Å². The molecule has 2 amide bonds. The summed E-state index contributed by atoms with van der Waals surface area (Å²) in [5.41, 5.74) is 1.95. The van der Waals surface area contributed by atoms with Crippen LogP contribution in [-0.4, -0.2) is 35.4 Å². The van der Waals surface area contributed by atoms with Gasteiger partial charge >= 0.3 is 5.97 Å². The van der Waals surface area contributed by atoms with E-state index in [1.54, 1.807) is 50.2 Å². The summed E-state index contributed by atoms with van der Waals surface area (Å²) in [5.74, 6) is -2.63. The fraction of sp³-hybridized carbons (Fsp3) is 0.269. The van der Waals surface area contributed by atoms with E-state index >= 15 is 0 Å². The molecule has 0 unspecified atom stereocenters. The fourth-order valence-corrected chi connectivity index (χ4v) is 5.91. The molecule has 0 N–H and O–H groups in total. The molecule has 1 aromatic heterocycles. The molecule has 3 heterocycles. The van der Waals surface area contributed by atoms with Crippen LogP contribution in [0, 0.1) is 29.9 Å². The van der Waals surface area contributed by atoms with Crippen molar-refractivity contribution in [2.24, 2.45) is 5.92 Å². The molecule has 0 aliphatic carbocycles. The number of esters is 1. The highest BCUT2D eigenvalue weighted by Crippen LogP contribution is 2.49. The highest BCUT2D eigenvalue weighted by molar-refractivity contribution is 7.17. The lowest BCUT2D eigenvalue weighted by atomic mass is 9.90. The van der Waals surface area contributed by atoms with Crippen LogP contribution in [0.25, 0.3) is 0 Å². The van der Waals surface area contributed by atoms with Crippen molar-refractivity contribution in [3.8, 4) is 0 Å². The van der Waals surface area contributed by atoms with Gasteiger partial charge in [-0.1, -0.05) is 30.3 Å². The number of anilines is 2. The van der Waals surface area contributed by atoms with Crippen LogP contribution < -0.4 is 9.96 Å². The SMILES string of the molecule is CCOC(=O)c1c(N2C(=O)[C@H]3[C@@H](ON(c4ccccc4)[C@H]3c3ccc([N+](=O)[O-])cc3)C2=O)sc(C)c1C. The Bertz CT molecular complexity index is 1400. The fourth-order valence-electron chi connectivity index (χ4n) is 4.76. The van der Waals surface area contributed by atoms with Crippen LogP contribution in [0.3, 0.4) is 0 Å². The maximum absolute atomic E-state index is 13.9. The van der Waals surface area contributed by atoms with Gasteiger partial charge in [0.15, 0.2) is 6.10 Å². The van der Waals surface area contributed by atoms with Crippen molar-refractivity contribution in [1.82, 2.24) is 0 Å². The molecule has 37 heavy (non-hydrogen) atoms. The van der Waals surface area contributed by atoms with Crippen LogP contribution in [0.4, 0.5) is 16.4 Å². The molecular weight excluding hydrogens is 498 g/mol. The molecule has 0 spiro atoms. The van der Waals surface area contributed by atoms with Gasteiger partial charge in [-0.2, -0.15) is 0 Å². The second-order valence-corrected chi connectivity index (χ2v) is 9.91. The van der Waals surface area contributed by atoms with E-state index in [4.69, 9.17) is 9.57 Å². The number of rotatable bonds is 6. The molecule has 3 aromatic rings. The number of carbonyl (C=O) groups is 3. The topological polar surface area (TPSA) is 119 Å². The number of benzene rings is 2. The van der Waals surface area contributed by atoms with Crippen LogP contribution in [0.1, 0.15) is 39.3 Å². The summed E-state index contributed by atoms with van der Waals surface area (Å²) in [6.45, 7) is 5.40. The Balaban J connectivity index is 1.59. The summed E-state index contributed by atoms with van der Waals surface area (Å²) in [5, 5.41) is 12.9. The van der Waals surface area contributed by atoms with Crippen LogP contribution in [0.5, 0.6) is 0 Å². The lowest BCUT2D eigenvalue weighted by Gasteiger charge is -2.28. The Morgan fingerprint density at radius 3 is 2.38 bits per heavy atom. The maximum atomic E-state index is 13.9. The smallest absolute Gasteiger partial charge is 0.341 e. The Hall–Kier alpha value is -4.09. The quantitative estimate of drug-likeness (QED) is 0.201. The van der Waals surface area contributed by atoms with Crippen molar-refractivity contribution in [3.05, 3.63) is 86.3 Å². The summed E-state index contributed by atoms with van der Waals surface area (Å²) < 4.78 is 5.21. The van der Waals surface area contributed by atoms with Crippen molar-refractivity contribution in [3.63, 3.8) is 0 Å². The van der Waals surface area contributed by atoms with Gasteiger partial charge in [0, 0.05) is 17.0 Å². The number of nitro benzene ring substituents is 1. The number of thiophene rings is 1. The summed E-state index contributed by atoms with van der Waals surface area (Å²) >= 11 is 1.18. The monoisotopic (exact) mass is 521 g/mol. The molecule has 3 atom stereocenters. The number of nitro groups is 1. The predicted molar refractivity (Wildman–Crippen MR) is 135 cm³/mol. The average Bonchev–Trinajstić information content (AvgIpc) is 3.50. The van der Waals surface area contributed by atoms with E-state index in [1.807, 2.05) is 13.0 Å². The van der Waals surface area contributed by atoms with Gasteiger partial charge in [-0.15, -0.1) is 11.3 Å². The molecule has 0 bridgehead atoms. The maximum Gasteiger partial charge on any atom is 0.341 e. The van der Waals surface area contributed by atoms with Gasteiger partial charge in [0.1, 0.15) is 10.9 Å². The molecule has 2 aliphatic heterocycles. The highest BCUT2D eigenvalue weighted by Gasteiger charge is 2.61. The molecule has 2 fully saturated rings. The van der Waals surface area contributed by atoms with E-state index in [-0.39, 0.29) is 22.9 Å². The number of hydrogen-bond donors (Lipinski definition) is 0. The number of amides is 2. The average molecular weight is 522 g/mol. The number of aryl methyl sites for hydroxylation is 1. The molecule has 10 nitrogen and oxygen atoms in total. The zero-order valence-corrected chi connectivity index (χ0v) is 21.1. The van der Waals surface area contributed by atoms with E-state index in [9.17, 15) is 24.5 Å². The third-order valence-corrected chi connectivity index (χ3v) is 7.81. The van der Waals surface area contributed by atoms with E-state index in [0.717, 1.165) is 9.78 Å². The lowest BCUT2D eigenvalue weighted by Crippen LogP contribution is -2.37. The Kier molecular flexibility index (Phi) is 6.26. The number of hydrogen-bond acceptors (Lipinski definition) is 9. The highest BCUT2D eigenvalue weighted by atomic mass is 32.1. The summed E-state index contributed by atoms with van der Waals surface area (Å²) in [6, 6.07) is 14.1. The molecule has 5 rings (SSSR count). The van der Waals surface area contributed by atoms with Gasteiger partial charge in [0.25, 0.3) is 11.6 Å². The first-order valence-electron chi connectivity index (χ1n) is 11.6. The van der Waals surface area contributed by atoms with Crippen molar-refractivity contribution >= 4 is 45.5 Å². The van der Waals surface area contributed by atoms with E-state index < -0.39 is 40.8 Å². The number of ether oxygens (including phenoxy) is 1. The zero-order chi connectivity index (χ0) is 26.4. The lowest BCUT2D eigenvalue weighted by molar-refractivity contribution is -0.384. The minimum Gasteiger partial charge on any atom is -0.462 e. The van der Waals surface area contributed by atoms with Crippen LogP contribution in [0.2, 0.25) is 0 Å². The molecule has 2 saturated heterocycles. The number of para-hydroxylation sites is 1. The first-order valence-corrected chi connectivity index (χ1v) is 12.5. The third kappa shape index (κ3) is 3.96. The van der Waals surface area contributed by atoms with Gasteiger partial charge in [-0.3, -0.25) is 24.5 Å². The number of nitrogens with zero attached hydrogens (tertiary/aromatic N) is 3. The second kappa shape index (κ2) is 9.41. The van der Waals surface area contributed by atoms with Gasteiger partial charge in [-0.05, 0) is 44.0 Å². The van der Waals surface area contributed by atoms with Crippen molar-refractivity contribution < 1.29 is 28.9 Å². The van der Waals surface area contributed by atoms with Crippen molar-refractivity contribution in [2.45, 2.75) is 32.9 Å². The molecule has 0 radical (unpaired) electrons. The molecule has 2 aliphatic rings. The summed E-state index contributed by atoms with van der Waals surface area (Å²) in [4.78, 5) is 59.0. The van der Waals surface area contributed by atoms with Crippen LogP contribution >= 0.6 is 11.3 Å². The number of imide groups is 1. The molecular formula is C26H23N3O7S. The third-order valence-electron chi connectivity index (χ3n) is 6.62. The minimum atomic E-state index is -1.13. The van der Waals surface area contributed by atoms with Gasteiger partial charge in [0.2, 0.25) is 5.91 Å². The first-order chi connectivity index (χ1) is 17.7. The van der Waals surface area contributed by atoms with Crippen molar-refractivity contribution in [2.75, 3.05) is 16.6 Å². The molecule has 2 aromatic carbocycles. The Morgan fingerprint density at radius 1 is 1.08 bits per heavy atom. The first kappa shape index (κ1) is 24.6. The molecule has 11 heteroatoms. The number of carbonyl (C=O) groups excluding carboxylic acids is 3. The van der Waals surface area contributed by atoms with E-state index in [1.165, 1.54) is 28.5 Å². The van der Waals surface area contributed by atoms with Crippen LogP contribution in [0.15, 0.2) is 54.6 Å². The summed E-state index contributed by atoms with van der Waals surface area (Å²) in [6.07, 6.45) is -1.13. The van der Waals surface area contributed by atoms with Gasteiger partial charge in [-0.25, -0.2) is 14.8 Å². The zero-order valence-electron chi connectivity index (χ0n) is 20.2. The predicted octanol–water partition coefficient (Wildman–Crippen LogP) is 4.50. The number of non-ortho nitro benzene ring substituents is 1. The Morgan fingerprint density at radius 2 is 1.76 bits per heavy atom. The standard InChI is InChI=1S/C26H23N3O7S/c1-4-35-26(32)19-14(2)15(3)37-25(19)27-23(30)20-21(16-10-12-18(13-11-16)29(33)34)28(36-22(20)24(27)31)17-8-6-5-7-9-17/h5-13,20-22H,4H2,1-3H3/t20-,21+,22-/m1/s1. The second-order valence-electron chi connectivity index (χ2n) is 8.70. The van der Waals surface area contributed by atoms with Gasteiger partial charge < -0.3 is 4.74 Å². The largest absolute Gasteiger partial charge is 0.462 e. The van der Waals surface area contributed by atoms with E-state index in [0.29, 0.717) is 16.8 Å². The van der Waals surface area contributed by atoms with Gasteiger partial charge in [0.05, 0.1) is 28.8 Å². The number of hydroxylamine groups is 1. The van der Waals surface area contributed by atoms with E-state index in [2.05, 4.69) is 0 Å². The Labute approximate surface area is 216 Å². The normalized spacial score (nSPS) is 20.9. The number of fused-ring (bicyclic) bond motifs is 1.